The molecule has 2 heterocycles. The molecule has 7 nitrogen and oxygen atoms in total. The van der Waals surface area contributed by atoms with Crippen LogP contribution >= 0.6 is 0 Å². The van der Waals surface area contributed by atoms with Crippen LogP contribution in [-0.4, -0.2) is 48.5 Å². The van der Waals surface area contributed by atoms with Crippen LogP contribution < -0.4 is 14.8 Å². The van der Waals surface area contributed by atoms with Gasteiger partial charge in [0.15, 0.2) is 11.5 Å². The fourth-order valence-electron chi connectivity index (χ4n) is 4.27. The number of carbonyl (C=O) groups is 2. The highest BCUT2D eigenvalue weighted by atomic mass is 16.5. The van der Waals surface area contributed by atoms with Crippen LogP contribution in [-0.2, 0) is 11.2 Å². The Labute approximate surface area is 205 Å². The molecule has 0 radical (unpaired) electrons. The Morgan fingerprint density at radius 2 is 1.83 bits per heavy atom. The molecule has 0 bridgehead atoms. The molecule has 2 amide bonds. The lowest BCUT2D eigenvalue weighted by Gasteiger charge is -2.36. The van der Waals surface area contributed by atoms with Crippen molar-refractivity contribution in [2.24, 2.45) is 0 Å². The second-order valence-electron chi connectivity index (χ2n) is 8.29. The van der Waals surface area contributed by atoms with E-state index in [1.54, 1.807) is 30.6 Å². The van der Waals surface area contributed by atoms with Gasteiger partial charge in [0.05, 0.1) is 20.3 Å². The van der Waals surface area contributed by atoms with Gasteiger partial charge < -0.3 is 19.7 Å². The Morgan fingerprint density at radius 1 is 1.03 bits per heavy atom. The van der Waals surface area contributed by atoms with Gasteiger partial charge in [0.2, 0.25) is 5.91 Å². The van der Waals surface area contributed by atoms with Gasteiger partial charge in [-0.1, -0.05) is 48.6 Å². The van der Waals surface area contributed by atoms with Crippen LogP contribution in [0.5, 0.6) is 11.5 Å². The van der Waals surface area contributed by atoms with E-state index in [0.717, 1.165) is 11.1 Å². The van der Waals surface area contributed by atoms with Gasteiger partial charge in [0, 0.05) is 30.9 Å². The Kier molecular flexibility index (Phi) is 7.77. The van der Waals surface area contributed by atoms with Crippen LogP contribution in [0.1, 0.15) is 33.9 Å². The average Bonchev–Trinajstić information content (AvgIpc) is 2.92. The van der Waals surface area contributed by atoms with E-state index in [4.69, 9.17) is 9.47 Å². The van der Waals surface area contributed by atoms with Gasteiger partial charge >= 0.3 is 0 Å². The molecule has 1 aliphatic heterocycles. The Morgan fingerprint density at radius 3 is 2.54 bits per heavy atom. The number of hydrogen-bond acceptors (Lipinski definition) is 5. The van der Waals surface area contributed by atoms with E-state index in [1.165, 1.54) is 14.2 Å². The van der Waals surface area contributed by atoms with E-state index in [2.05, 4.69) is 16.4 Å². The molecule has 2 aromatic carbocycles. The van der Waals surface area contributed by atoms with E-state index in [-0.39, 0.29) is 17.9 Å². The van der Waals surface area contributed by atoms with Crippen molar-refractivity contribution in [2.45, 2.75) is 24.9 Å². The zero-order valence-electron chi connectivity index (χ0n) is 19.9. The van der Waals surface area contributed by atoms with Crippen molar-refractivity contribution < 1.29 is 19.1 Å². The number of hydrogen-bond donors (Lipinski definition) is 1. The van der Waals surface area contributed by atoms with Crippen LogP contribution in [0.4, 0.5) is 0 Å². The van der Waals surface area contributed by atoms with Gasteiger partial charge in [0.25, 0.3) is 5.91 Å². The molecule has 35 heavy (non-hydrogen) atoms. The zero-order valence-corrected chi connectivity index (χ0v) is 19.9. The van der Waals surface area contributed by atoms with E-state index in [1.807, 2.05) is 53.4 Å². The molecule has 2 unspecified atom stereocenters. The zero-order chi connectivity index (χ0) is 24.6. The summed E-state index contributed by atoms with van der Waals surface area (Å²) in [6, 6.07) is 17.6. The van der Waals surface area contributed by atoms with Crippen molar-refractivity contribution in [2.75, 3.05) is 20.8 Å². The Hall–Kier alpha value is -4.13. The normalized spacial score (nSPS) is 15.8. The van der Waals surface area contributed by atoms with Crippen molar-refractivity contribution in [3.05, 3.63) is 102 Å². The van der Waals surface area contributed by atoms with Gasteiger partial charge in [-0.2, -0.15) is 0 Å². The first-order chi connectivity index (χ1) is 17.1. The first-order valence-electron chi connectivity index (χ1n) is 11.5. The Balaban J connectivity index is 1.61. The standard InChI is InChI=1S/C28H29N3O4/c1-34-25-14-13-21(18-26(25)35-2)27(32)30-23(17-20-9-4-3-5-10-20)28(33)31-16-7-6-12-24(31)22-11-8-15-29-19-22/h3-11,13-15,18-19,23-24H,12,16-17H2,1-2H3,(H,30,32). The number of rotatable bonds is 8. The SMILES string of the molecule is COc1ccc(C(=O)NC(Cc2ccccc2)C(=O)N2CC=CCC2c2cccnc2)cc1OC. The number of methoxy groups -OCH3 is 2. The number of ether oxygens (including phenoxy) is 2. The molecule has 7 heteroatoms. The summed E-state index contributed by atoms with van der Waals surface area (Å²) in [6.45, 7) is 0.468. The van der Waals surface area contributed by atoms with Gasteiger partial charge in [-0.25, -0.2) is 0 Å². The molecule has 0 fully saturated rings. The number of pyridine rings is 1. The predicted octanol–water partition coefficient (Wildman–Crippen LogP) is 3.97. The fraction of sp³-hybridized carbons (Fsp3) is 0.250. The summed E-state index contributed by atoms with van der Waals surface area (Å²) in [5, 5.41) is 2.97. The van der Waals surface area contributed by atoms with Gasteiger partial charge in [-0.05, 0) is 41.8 Å². The third kappa shape index (κ3) is 5.69. The maximum absolute atomic E-state index is 13.9. The molecule has 180 valence electrons. The van der Waals surface area contributed by atoms with Gasteiger partial charge in [0.1, 0.15) is 6.04 Å². The van der Waals surface area contributed by atoms with Crippen molar-refractivity contribution in [3.63, 3.8) is 0 Å². The van der Waals surface area contributed by atoms with Crippen molar-refractivity contribution in [3.8, 4) is 11.5 Å². The summed E-state index contributed by atoms with van der Waals surface area (Å²) in [5.74, 6) is 0.482. The lowest BCUT2D eigenvalue weighted by molar-refractivity contribution is -0.135. The number of benzene rings is 2. The summed E-state index contributed by atoms with van der Waals surface area (Å²) in [7, 11) is 3.06. The van der Waals surface area contributed by atoms with Crippen molar-refractivity contribution >= 4 is 11.8 Å². The molecule has 1 aliphatic rings. The summed E-state index contributed by atoms with van der Waals surface area (Å²) in [5.41, 5.74) is 2.31. The summed E-state index contributed by atoms with van der Waals surface area (Å²) >= 11 is 0. The number of nitrogens with one attached hydrogen (secondary N) is 1. The maximum atomic E-state index is 13.9. The van der Waals surface area contributed by atoms with Crippen LogP contribution in [0.3, 0.4) is 0 Å². The lowest BCUT2D eigenvalue weighted by Crippen LogP contribution is -2.51. The van der Waals surface area contributed by atoms with E-state index in [9.17, 15) is 9.59 Å². The molecular weight excluding hydrogens is 442 g/mol. The summed E-state index contributed by atoms with van der Waals surface area (Å²) in [4.78, 5) is 33.2. The fourth-order valence-corrected chi connectivity index (χ4v) is 4.27. The molecule has 0 aliphatic carbocycles. The number of aromatic nitrogens is 1. The van der Waals surface area contributed by atoms with Crippen LogP contribution in [0.25, 0.3) is 0 Å². The van der Waals surface area contributed by atoms with Crippen LogP contribution in [0.15, 0.2) is 85.2 Å². The quantitative estimate of drug-likeness (QED) is 0.503. The first kappa shape index (κ1) is 24.0. The highest BCUT2D eigenvalue weighted by Gasteiger charge is 2.32. The minimum Gasteiger partial charge on any atom is -0.493 e. The van der Waals surface area contributed by atoms with Crippen molar-refractivity contribution in [1.29, 1.82) is 0 Å². The lowest BCUT2D eigenvalue weighted by atomic mass is 9.97. The molecule has 1 aromatic heterocycles. The summed E-state index contributed by atoms with van der Waals surface area (Å²) < 4.78 is 10.6. The summed E-state index contributed by atoms with van der Waals surface area (Å²) in [6.07, 6.45) is 8.64. The average molecular weight is 472 g/mol. The second kappa shape index (κ2) is 11.3. The van der Waals surface area contributed by atoms with Gasteiger partial charge in [-0.15, -0.1) is 0 Å². The second-order valence-corrected chi connectivity index (χ2v) is 8.29. The predicted molar refractivity (Wildman–Crippen MR) is 133 cm³/mol. The van der Waals surface area contributed by atoms with Crippen molar-refractivity contribution in [1.82, 2.24) is 15.2 Å². The third-order valence-corrected chi connectivity index (χ3v) is 6.09. The number of carbonyl (C=O) groups excluding carboxylic acids is 2. The largest absolute Gasteiger partial charge is 0.493 e. The number of amides is 2. The Bertz CT molecular complexity index is 1180. The van der Waals surface area contributed by atoms with E-state index < -0.39 is 6.04 Å². The van der Waals surface area contributed by atoms with E-state index >= 15 is 0 Å². The molecule has 1 N–H and O–H groups in total. The molecule has 0 saturated heterocycles. The van der Waals surface area contributed by atoms with Gasteiger partial charge in [-0.3, -0.25) is 14.6 Å². The first-order valence-corrected chi connectivity index (χ1v) is 11.5. The monoisotopic (exact) mass is 471 g/mol. The third-order valence-electron chi connectivity index (χ3n) is 6.09. The number of nitrogens with zero attached hydrogens (tertiary/aromatic N) is 2. The molecule has 4 rings (SSSR count). The maximum Gasteiger partial charge on any atom is 0.252 e. The molecule has 3 aromatic rings. The van der Waals surface area contributed by atoms with E-state index in [0.29, 0.717) is 36.4 Å². The minimum atomic E-state index is -0.747. The highest BCUT2D eigenvalue weighted by Crippen LogP contribution is 2.29. The molecule has 0 saturated carbocycles. The van der Waals surface area contributed by atoms with Crippen LogP contribution in [0, 0.1) is 0 Å². The minimum absolute atomic E-state index is 0.138. The molecular formula is C28H29N3O4. The highest BCUT2D eigenvalue weighted by molar-refractivity contribution is 5.98. The topological polar surface area (TPSA) is 80.8 Å². The van der Waals surface area contributed by atoms with Crippen LogP contribution in [0.2, 0.25) is 0 Å². The molecule has 2 atom stereocenters. The molecule has 0 spiro atoms. The smallest absolute Gasteiger partial charge is 0.252 e.